The summed E-state index contributed by atoms with van der Waals surface area (Å²) < 4.78 is 43.1. The number of carbonyl (C=O) groups is 2. The Morgan fingerprint density at radius 2 is 2.10 bits per heavy atom. The second-order valence-corrected chi connectivity index (χ2v) is 8.44. The highest BCUT2D eigenvalue weighted by atomic mass is 32.1. The van der Waals surface area contributed by atoms with Gasteiger partial charge in [-0.1, -0.05) is 6.07 Å². The van der Waals surface area contributed by atoms with Crippen molar-refractivity contribution in [2.45, 2.75) is 38.2 Å². The molecule has 0 saturated carbocycles. The van der Waals surface area contributed by atoms with Crippen LogP contribution in [0.5, 0.6) is 0 Å². The Kier molecular flexibility index (Phi) is 7.39. The maximum Gasteiger partial charge on any atom is 0.490 e. The second kappa shape index (κ2) is 9.84. The Labute approximate surface area is 180 Å². The first kappa shape index (κ1) is 23.3. The fraction of sp³-hybridized carbons (Fsp3) is 0.500. The summed E-state index contributed by atoms with van der Waals surface area (Å²) in [6, 6.07) is 7.96. The Hall–Kier alpha value is -2.37. The smallest absolute Gasteiger partial charge is 0.475 e. The van der Waals surface area contributed by atoms with E-state index in [1.54, 1.807) is 17.6 Å². The van der Waals surface area contributed by atoms with E-state index in [1.807, 2.05) is 23.6 Å². The van der Waals surface area contributed by atoms with Crippen molar-refractivity contribution >= 4 is 23.2 Å². The monoisotopic (exact) mass is 460 g/mol. The summed E-state index contributed by atoms with van der Waals surface area (Å²) in [7, 11) is 0. The van der Waals surface area contributed by atoms with Gasteiger partial charge in [0.1, 0.15) is 5.76 Å². The van der Waals surface area contributed by atoms with E-state index in [9.17, 15) is 18.0 Å². The largest absolute Gasteiger partial charge is 0.490 e. The third kappa shape index (κ3) is 5.86. The lowest BCUT2D eigenvalue weighted by molar-refractivity contribution is -0.192. The zero-order chi connectivity index (χ0) is 22.5. The molecule has 2 atom stereocenters. The minimum atomic E-state index is -5.08. The first-order valence-electron chi connectivity index (χ1n) is 9.68. The van der Waals surface area contributed by atoms with E-state index in [2.05, 4.69) is 16.3 Å². The molecule has 7 nitrogen and oxygen atoms in total. The number of aliphatic carboxylic acids is 1. The van der Waals surface area contributed by atoms with Gasteiger partial charge in [0.15, 0.2) is 0 Å². The summed E-state index contributed by atoms with van der Waals surface area (Å²) in [6.07, 6.45) is -1.66. The molecule has 4 rings (SSSR count). The second-order valence-electron chi connectivity index (χ2n) is 7.41. The van der Waals surface area contributed by atoms with E-state index in [0.29, 0.717) is 13.2 Å². The van der Waals surface area contributed by atoms with Crippen molar-refractivity contribution in [1.29, 1.82) is 0 Å². The normalized spacial score (nSPS) is 23.5. The van der Waals surface area contributed by atoms with E-state index in [0.717, 1.165) is 38.2 Å². The topological polar surface area (TPSA) is 92.0 Å². The van der Waals surface area contributed by atoms with Crippen LogP contribution in [0.3, 0.4) is 0 Å². The number of nitrogens with one attached hydrogen (secondary N) is 1. The molecule has 2 aliphatic heterocycles. The van der Waals surface area contributed by atoms with Crippen molar-refractivity contribution < 1.29 is 37.0 Å². The molecule has 31 heavy (non-hydrogen) atoms. The molecule has 2 aromatic rings. The van der Waals surface area contributed by atoms with Crippen molar-refractivity contribution in [3.8, 4) is 0 Å². The van der Waals surface area contributed by atoms with Crippen molar-refractivity contribution in [1.82, 2.24) is 10.2 Å². The van der Waals surface area contributed by atoms with Crippen LogP contribution in [0.1, 0.15) is 23.5 Å². The van der Waals surface area contributed by atoms with Gasteiger partial charge in [0.25, 0.3) is 0 Å². The van der Waals surface area contributed by atoms with Crippen LogP contribution < -0.4 is 5.32 Å². The summed E-state index contributed by atoms with van der Waals surface area (Å²) in [5.41, 5.74) is -0.428. The van der Waals surface area contributed by atoms with Gasteiger partial charge in [-0.2, -0.15) is 13.2 Å². The number of hydrogen-bond donors (Lipinski definition) is 2. The molecule has 1 amide bonds. The van der Waals surface area contributed by atoms with E-state index >= 15 is 0 Å². The van der Waals surface area contributed by atoms with Crippen molar-refractivity contribution in [2.24, 2.45) is 5.41 Å². The SMILES string of the molecule is O=C(NCc1cccs1)[C@@]12CCO[C@@H]1CCN(Cc1ccco1)C2.O=C(O)C(F)(F)F. The van der Waals surface area contributed by atoms with Crippen LogP contribution in [0, 0.1) is 5.41 Å². The molecule has 2 aromatic heterocycles. The molecule has 4 heterocycles. The zero-order valence-electron chi connectivity index (χ0n) is 16.6. The first-order valence-corrected chi connectivity index (χ1v) is 10.6. The third-order valence-corrected chi connectivity index (χ3v) is 6.23. The van der Waals surface area contributed by atoms with Crippen LogP contribution in [-0.2, 0) is 27.4 Å². The Bertz CT molecular complexity index is 857. The average Bonchev–Trinajstić information content (AvgIpc) is 3.47. The maximum atomic E-state index is 13.0. The number of halogens is 3. The van der Waals surface area contributed by atoms with Crippen molar-refractivity contribution in [3.05, 3.63) is 46.5 Å². The number of thiophene rings is 1. The molecule has 0 aromatic carbocycles. The molecule has 0 bridgehead atoms. The van der Waals surface area contributed by atoms with Gasteiger partial charge in [-0.25, -0.2) is 4.79 Å². The fourth-order valence-electron chi connectivity index (χ4n) is 3.87. The molecule has 0 spiro atoms. The number of carboxylic acid groups (broad SMARTS) is 1. The number of piperidine rings is 1. The number of carbonyl (C=O) groups excluding carboxylic acids is 1. The van der Waals surface area contributed by atoms with Gasteiger partial charge >= 0.3 is 12.1 Å². The summed E-state index contributed by atoms with van der Waals surface area (Å²) in [6.45, 7) is 3.69. The fourth-order valence-corrected chi connectivity index (χ4v) is 4.51. The number of fused-ring (bicyclic) bond motifs is 1. The van der Waals surface area contributed by atoms with Gasteiger partial charge in [-0.05, 0) is 36.4 Å². The van der Waals surface area contributed by atoms with Crippen molar-refractivity contribution in [2.75, 3.05) is 19.7 Å². The average molecular weight is 460 g/mol. The zero-order valence-corrected chi connectivity index (χ0v) is 17.4. The Morgan fingerprint density at radius 3 is 2.71 bits per heavy atom. The quantitative estimate of drug-likeness (QED) is 0.712. The highest BCUT2D eigenvalue weighted by molar-refractivity contribution is 7.09. The number of likely N-dealkylation sites (tertiary alicyclic amines) is 1. The highest BCUT2D eigenvalue weighted by Gasteiger charge is 2.53. The molecule has 0 aliphatic carbocycles. The van der Waals surface area contributed by atoms with Crippen LogP contribution in [0.15, 0.2) is 40.3 Å². The standard InChI is InChI=1S/C18H22N2O3S.C2HF3O2/c21-17(19-11-15-4-2-10-24-15)18-6-9-23-16(18)5-7-20(13-18)12-14-3-1-8-22-14;3-2(4,5)1(6)7/h1-4,8,10,16H,5-7,9,11-13H2,(H,19,21);(H,6,7)/t16-,18-;/m1./s1. The van der Waals surface area contributed by atoms with Gasteiger partial charge in [0.05, 0.1) is 30.9 Å². The van der Waals surface area contributed by atoms with Crippen LogP contribution in [0.4, 0.5) is 13.2 Å². The number of nitrogens with zero attached hydrogens (tertiary/aromatic N) is 1. The molecule has 0 unspecified atom stereocenters. The number of furan rings is 1. The Balaban J connectivity index is 0.000000339. The lowest BCUT2D eigenvalue weighted by Crippen LogP contribution is -2.56. The molecule has 0 radical (unpaired) electrons. The Morgan fingerprint density at radius 1 is 1.32 bits per heavy atom. The lowest BCUT2D eigenvalue weighted by Gasteiger charge is -2.42. The van der Waals surface area contributed by atoms with Gasteiger partial charge in [0, 0.05) is 24.6 Å². The minimum Gasteiger partial charge on any atom is -0.475 e. The molecular weight excluding hydrogens is 437 g/mol. The molecule has 2 fully saturated rings. The molecule has 11 heteroatoms. The number of hydrogen-bond acceptors (Lipinski definition) is 6. The summed E-state index contributed by atoms with van der Waals surface area (Å²) in [4.78, 5) is 25.4. The summed E-state index contributed by atoms with van der Waals surface area (Å²) in [5, 5.41) is 12.3. The molecule has 2 N–H and O–H groups in total. The van der Waals surface area contributed by atoms with Crippen LogP contribution in [0.2, 0.25) is 0 Å². The van der Waals surface area contributed by atoms with E-state index in [4.69, 9.17) is 19.1 Å². The minimum absolute atomic E-state index is 0.0358. The van der Waals surface area contributed by atoms with E-state index in [-0.39, 0.29) is 12.0 Å². The number of amides is 1. The lowest BCUT2D eigenvalue weighted by atomic mass is 9.75. The summed E-state index contributed by atoms with van der Waals surface area (Å²) in [5.74, 6) is -1.68. The number of carboxylic acids is 1. The first-order chi connectivity index (χ1) is 14.7. The maximum absolute atomic E-state index is 13.0. The number of ether oxygens (including phenoxy) is 1. The molecule has 170 valence electrons. The van der Waals surface area contributed by atoms with Gasteiger partial charge in [-0.3, -0.25) is 9.69 Å². The van der Waals surface area contributed by atoms with Crippen molar-refractivity contribution in [3.63, 3.8) is 0 Å². The van der Waals surface area contributed by atoms with E-state index in [1.165, 1.54) is 4.88 Å². The molecular formula is C20H23F3N2O5S. The summed E-state index contributed by atoms with van der Waals surface area (Å²) >= 11 is 1.67. The molecule has 2 saturated heterocycles. The van der Waals surface area contributed by atoms with Crippen LogP contribution in [0.25, 0.3) is 0 Å². The molecule has 2 aliphatic rings. The number of alkyl halides is 3. The van der Waals surface area contributed by atoms with E-state index < -0.39 is 17.6 Å². The predicted molar refractivity (Wildman–Crippen MR) is 105 cm³/mol. The predicted octanol–water partition coefficient (Wildman–Crippen LogP) is 3.27. The van der Waals surface area contributed by atoms with Crippen LogP contribution in [-0.4, -0.2) is 53.9 Å². The van der Waals surface area contributed by atoms with Crippen LogP contribution >= 0.6 is 11.3 Å². The van der Waals surface area contributed by atoms with Gasteiger partial charge in [-0.15, -0.1) is 11.3 Å². The van der Waals surface area contributed by atoms with Gasteiger partial charge in [0.2, 0.25) is 5.91 Å². The number of rotatable bonds is 5. The van der Waals surface area contributed by atoms with Gasteiger partial charge < -0.3 is 19.6 Å². The third-order valence-electron chi connectivity index (χ3n) is 5.35. The highest BCUT2D eigenvalue weighted by Crippen LogP contribution is 2.41.